The Hall–Kier alpha value is -0.650. The Bertz CT molecular complexity index is 240. The van der Waals surface area contributed by atoms with Crippen molar-refractivity contribution in [3.8, 4) is 0 Å². The number of amides is 1. The molecule has 0 aliphatic carbocycles. The van der Waals surface area contributed by atoms with Crippen molar-refractivity contribution >= 4 is 5.91 Å². The monoisotopic (exact) mass is 244 g/mol. The van der Waals surface area contributed by atoms with E-state index >= 15 is 0 Å². The largest absolute Gasteiger partial charge is 0.382 e. The van der Waals surface area contributed by atoms with Crippen LogP contribution in [0.3, 0.4) is 0 Å². The molecule has 5 nitrogen and oxygen atoms in total. The molecule has 1 aliphatic heterocycles. The normalized spacial score (nSPS) is 26.5. The zero-order valence-electron chi connectivity index (χ0n) is 11.0. The van der Waals surface area contributed by atoms with E-state index in [4.69, 9.17) is 9.47 Å². The summed E-state index contributed by atoms with van der Waals surface area (Å²) in [6.07, 6.45) is 1.91. The van der Waals surface area contributed by atoms with Gasteiger partial charge >= 0.3 is 0 Å². The molecule has 0 aromatic heterocycles. The predicted octanol–water partition coefficient (Wildman–Crippen LogP) is 0.154. The Morgan fingerprint density at radius 3 is 2.82 bits per heavy atom. The first-order chi connectivity index (χ1) is 8.12. The first-order valence-electron chi connectivity index (χ1n) is 6.13. The van der Waals surface area contributed by atoms with Crippen molar-refractivity contribution in [2.24, 2.45) is 5.41 Å². The lowest BCUT2D eigenvalue weighted by atomic mass is 9.82. The van der Waals surface area contributed by atoms with Crippen molar-refractivity contribution in [3.05, 3.63) is 0 Å². The van der Waals surface area contributed by atoms with Crippen molar-refractivity contribution in [2.45, 2.75) is 25.9 Å². The highest BCUT2D eigenvalue weighted by Gasteiger charge is 2.34. The molecule has 0 aromatic rings. The Kier molecular flexibility index (Phi) is 5.88. The van der Waals surface area contributed by atoms with Gasteiger partial charge in [-0.1, -0.05) is 0 Å². The van der Waals surface area contributed by atoms with Gasteiger partial charge in [0.2, 0.25) is 5.91 Å². The summed E-state index contributed by atoms with van der Waals surface area (Å²) in [7, 11) is 3.25. The Morgan fingerprint density at radius 1 is 1.53 bits per heavy atom. The van der Waals surface area contributed by atoms with Crippen LogP contribution < -0.4 is 10.6 Å². The number of nitrogens with one attached hydrogen (secondary N) is 2. The summed E-state index contributed by atoms with van der Waals surface area (Å²) >= 11 is 0. The third-order valence-corrected chi connectivity index (χ3v) is 3.32. The summed E-state index contributed by atoms with van der Waals surface area (Å²) in [4.78, 5) is 12.1. The van der Waals surface area contributed by atoms with Gasteiger partial charge < -0.3 is 20.1 Å². The minimum absolute atomic E-state index is 0.0795. The summed E-state index contributed by atoms with van der Waals surface area (Å²) < 4.78 is 10.2. The number of carbonyl (C=O) groups excluding carboxylic acids is 1. The van der Waals surface area contributed by atoms with E-state index in [9.17, 15) is 4.79 Å². The van der Waals surface area contributed by atoms with Crippen molar-refractivity contribution in [1.29, 1.82) is 0 Å². The van der Waals surface area contributed by atoms with Gasteiger partial charge in [-0.3, -0.25) is 4.79 Å². The molecule has 0 aromatic carbocycles. The molecule has 1 heterocycles. The van der Waals surface area contributed by atoms with Gasteiger partial charge in [-0.2, -0.15) is 0 Å². The fourth-order valence-corrected chi connectivity index (χ4v) is 2.07. The molecule has 1 saturated heterocycles. The van der Waals surface area contributed by atoms with E-state index in [2.05, 4.69) is 10.6 Å². The number of piperidine rings is 1. The standard InChI is InChI=1S/C12H24N2O3/c1-12(5-4-6-13-9-12)11(15)14-7-10(17-3)8-16-2/h10,13H,4-9H2,1-3H3,(H,14,15). The van der Waals surface area contributed by atoms with Crippen LogP contribution in [-0.2, 0) is 14.3 Å². The zero-order valence-corrected chi connectivity index (χ0v) is 11.0. The fraction of sp³-hybridized carbons (Fsp3) is 0.917. The molecule has 1 amide bonds. The smallest absolute Gasteiger partial charge is 0.227 e. The first-order valence-corrected chi connectivity index (χ1v) is 6.13. The highest BCUT2D eigenvalue weighted by molar-refractivity contribution is 5.82. The lowest BCUT2D eigenvalue weighted by Gasteiger charge is -2.33. The van der Waals surface area contributed by atoms with E-state index in [-0.39, 0.29) is 17.4 Å². The van der Waals surface area contributed by atoms with E-state index in [0.717, 1.165) is 25.9 Å². The maximum absolute atomic E-state index is 12.1. The number of ether oxygens (including phenoxy) is 2. The molecule has 0 spiro atoms. The third kappa shape index (κ3) is 4.26. The zero-order chi connectivity index (χ0) is 12.7. The third-order valence-electron chi connectivity index (χ3n) is 3.32. The lowest BCUT2D eigenvalue weighted by Crippen LogP contribution is -2.50. The maximum atomic E-state index is 12.1. The Balaban J connectivity index is 2.37. The lowest BCUT2D eigenvalue weighted by molar-refractivity contribution is -0.131. The Labute approximate surface area is 103 Å². The molecule has 2 unspecified atom stereocenters. The number of methoxy groups -OCH3 is 2. The molecule has 17 heavy (non-hydrogen) atoms. The molecule has 2 atom stereocenters. The number of carbonyl (C=O) groups is 1. The van der Waals surface area contributed by atoms with Gasteiger partial charge in [0.15, 0.2) is 0 Å². The van der Waals surface area contributed by atoms with E-state index < -0.39 is 0 Å². The predicted molar refractivity (Wildman–Crippen MR) is 65.9 cm³/mol. The quantitative estimate of drug-likeness (QED) is 0.698. The minimum Gasteiger partial charge on any atom is -0.382 e. The van der Waals surface area contributed by atoms with Crippen LogP contribution in [0, 0.1) is 5.41 Å². The maximum Gasteiger partial charge on any atom is 0.227 e. The molecule has 1 fully saturated rings. The van der Waals surface area contributed by atoms with E-state index in [1.54, 1.807) is 14.2 Å². The molecular weight excluding hydrogens is 220 g/mol. The van der Waals surface area contributed by atoms with Crippen molar-refractivity contribution in [2.75, 3.05) is 40.5 Å². The van der Waals surface area contributed by atoms with Crippen LogP contribution in [0.4, 0.5) is 0 Å². The number of rotatable bonds is 6. The van der Waals surface area contributed by atoms with E-state index in [1.165, 1.54) is 0 Å². The minimum atomic E-state index is -0.288. The summed E-state index contributed by atoms with van der Waals surface area (Å²) in [5.74, 6) is 0.0999. The molecule has 5 heteroatoms. The van der Waals surface area contributed by atoms with Gasteiger partial charge in [-0.25, -0.2) is 0 Å². The van der Waals surface area contributed by atoms with Gasteiger partial charge in [0.1, 0.15) is 0 Å². The molecule has 1 aliphatic rings. The Morgan fingerprint density at radius 2 is 2.29 bits per heavy atom. The molecule has 1 rings (SSSR count). The highest BCUT2D eigenvalue weighted by Crippen LogP contribution is 2.25. The van der Waals surface area contributed by atoms with Crippen LogP contribution in [0.25, 0.3) is 0 Å². The second kappa shape index (κ2) is 6.93. The topological polar surface area (TPSA) is 59.6 Å². The number of hydrogen-bond donors (Lipinski definition) is 2. The second-order valence-corrected chi connectivity index (χ2v) is 4.86. The SMILES string of the molecule is COCC(CNC(=O)C1(C)CCCNC1)OC. The number of hydrogen-bond acceptors (Lipinski definition) is 4. The average molecular weight is 244 g/mol. The first kappa shape index (κ1) is 14.4. The van der Waals surface area contributed by atoms with E-state index in [1.807, 2.05) is 6.92 Å². The van der Waals surface area contributed by atoms with Crippen molar-refractivity contribution in [1.82, 2.24) is 10.6 Å². The molecule has 0 radical (unpaired) electrons. The highest BCUT2D eigenvalue weighted by atomic mass is 16.5. The average Bonchev–Trinajstić information content (AvgIpc) is 2.35. The second-order valence-electron chi connectivity index (χ2n) is 4.86. The summed E-state index contributed by atoms with van der Waals surface area (Å²) in [5, 5.41) is 6.21. The molecular formula is C12H24N2O3. The van der Waals surface area contributed by atoms with E-state index in [0.29, 0.717) is 13.2 Å². The summed E-state index contributed by atoms with van der Waals surface area (Å²) in [6, 6.07) is 0. The van der Waals surface area contributed by atoms with Gasteiger partial charge in [0.05, 0.1) is 18.1 Å². The van der Waals surface area contributed by atoms with Crippen molar-refractivity contribution in [3.63, 3.8) is 0 Å². The van der Waals surface area contributed by atoms with Crippen LogP contribution in [0.1, 0.15) is 19.8 Å². The van der Waals surface area contributed by atoms with Gasteiger partial charge in [-0.05, 0) is 26.3 Å². The van der Waals surface area contributed by atoms with Crippen LogP contribution in [0.15, 0.2) is 0 Å². The van der Waals surface area contributed by atoms with Gasteiger partial charge in [-0.15, -0.1) is 0 Å². The van der Waals surface area contributed by atoms with Gasteiger partial charge in [0, 0.05) is 27.3 Å². The van der Waals surface area contributed by atoms with Gasteiger partial charge in [0.25, 0.3) is 0 Å². The van der Waals surface area contributed by atoms with Crippen molar-refractivity contribution < 1.29 is 14.3 Å². The van der Waals surface area contributed by atoms with Crippen LogP contribution in [0.2, 0.25) is 0 Å². The van der Waals surface area contributed by atoms with Crippen LogP contribution in [0.5, 0.6) is 0 Å². The summed E-state index contributed by atoms with van der Waals surface area (Å²) in [5.41, 5.74) is -0.288. The molecule has 100 valence electrons. The van der Waals surface area contributed by atoms with Crippen LogP contribution >= 0.6 is 0 Å². The molecule has 0 saturated carbocycles. The van der Waals surface area contributed by atoms with Crippen LogP contribution in [-0.4, -0.2) is 52.5 Å². The molecule has 2 N–H and O–H groups in total. The molecule has 0 bridgehead atoms. The fourth-order valence-electron chi connectivity index (χ4n) is 2.07. The summed E-state index contributed by atoms with van der Waals surface area (Å²) in [6.45, 7) is 4.76.